The number of carbonyl (C=O) groups is 2. The molecule has 0 aliphatic carbocycles. The van der Waals surface area contributed by atoms with E-state index in [9.17, 15) is 9.59 Å². The Morgan fingerprint density at radius 2 is 1.88 bits per heavy atom. The first-order valence-corrected chi connectivity index (χ1v) is 7.96. The lowest BCUT2D eigenvalue weighted by Crippen LogP contribution is -2.41. The molecule has 0 fully saturated rings. The summed E-state index contributed by atoms with van der Waals surface area (Å²) in [6.07, 6.45) is 3.05. The standard InChI is InChI=1S/C17H22N4O3/c1-3-17(4-2,13-8-6-5-7-9-13)12-18-15(22)11-21-10-14(16(23)24)19-20-21/h5-10H,3-4,11-12H2,1-2H3,(H,18,22)(H,23,24). The van der Waals surface area contributed by atoms with Crippen molar-refractivity contribution in [2.45, 2.75) is 38.6 Å². The Morgan fingerprint density at radius 3 is 2.42 bits per heavy atom. The lowest BCUT2D eigenvalue weighted by Gasteiger charge is -2.32. The van der Waals surface area contributed by atoms with E-state index in [0.717, 1.165) is 12.8 Å². The number of hydrogen-bond donors (Lipinski definition) is 2. The highest BCUT2D eigenvalue weighted by atomic mass is 16.4. The molecule has 1 aromatic heterocycles. The molecule has 7 nitrogen and oxygen atoms in total. The highest BCUT2D eigenvalue weighted by Crippen LogP contribution is 2.30. The zero-order valence-corrected chi connectivity index (χ0v) is 13.9. The lowest BCUT2D eigenvalue weighted by molar-refractivity contribution is -0.122. The Labute approximate surface area is 140 Å². The van der Waals surface area contributed by atoms with E-state index in [-0.39, 0.29) is 23.6 Å². The van der Waals surface area contributed by atoms with Crippen molar-refractivity contribution in [2.75, 3.05) is 6.54 Å². The first-order chi connectivity index (χ1) is 11.5. The molecule has 7 heteroatoms. The highest BCUT2D eigenvalue weighted by Gasteiger charge is 2.28. The van der Waals surface area contributed by atoms with E-state index in [4.69, 9.17) is 5.11 Å². The van der Waals surface area contributed by atoms with Crippen molar-refractivity contribution in [3.8, 4) is 0 Å². The molecule has 0 bridgehead atoms. The van der Waals surface area contributed by atoms with Crippen LogP contribution in [0.1, 0.15) is 42.7 Å². The number of aromatic nitrogens is 3. The van der Waals surface area contributed by atoms with Gasteiger partial charge in [0.15, 0.2) is 5.69 Å². The molecular weight excluding hydrogens is 308 g/mol. The number of carboxylic acid groups (broad SMARTS) is 1. The Morgan fingerprint density at radius 1 is 1.21 bits per heavy atom. The molecule has 0 aliphatic heterocycles. The van der Waals surface area contributed by atoms with E-state index in [2.05, 4.69) is 41.6 Å². The number of amides is 1. The number of hydrogen-bond acceptors (Lipinski definition) is 4. The van der Waals surface area contributed by atoms with Gasteiger partial charge in [-0.05, 0) is 18.4 Å². The summed E-state index contributed by atoms with van der Waals surface area (Å²) in [5, 5.41) is 18.9. The zero-order chi connectivity index (χ0) is 17.6. The van der Waals surface area contributed by atoms with Crippen LogP contribution in [0.25, 0.3) is 0 Å². The monoisotopic (exact) mass is 330 g/mol. The van der Waals surface area contributed by atoms with Gasteiger partial charge in [-0.25, -0.2) is 9.48 Å². The molecule has 2 aromatic rings. The molecule has 2 N–H and O–H groups in total. The van der Waals surface area contributed by atoms with E-state index in [1.165, 1.54) is 16.4 Å². The molecule has 1 heterocycles. The number of carbonyl (C=O) groups excluding carboxylic acids is 1. The fourth-order valence-electron chi connectivity index (χ4n) is 2.75. The molecule has 0 saturated heterocycles. The summed E-state index contributed by atoms with van der Waals surface area (Å²) in [6, 6.07) is 10.1. The number of carboxylic acids is 1. The smallest absolute Gasteiger partial charge is 0.358 e. The Balaban J connectivity index is 2.01. The summed E-state index contributed by atoms with van der Waals surface area (Å²) in [5.74, 6) is -1.39. The molecule has 2 rings (SSSR count). The van der Waals surface area contributed by atoms with E-state index in [1.54, 1.807) is 0 Å². The van der Waals surface area contributed by atoms with E-state index in [0.29, 0.717) is 6.54 Å². The predicted molar refractivity (Wildman–Crippen MR) is 88.7 cm³/mol. The van der Waals surface area contributed by atoms with Crippen LogP contribution in [0.3, 0.4) is 0 Å². The molecule has 0 aliphatic rings. The van der Waals surface area contributed by atoms with Crippen molar-refractivity contribution in [1.82, 2.24) is 20.3 Å². The predicted octanol–water partition coefficient (Wildman–Crippen LogP) is 1.85. The highest BCUT2D eigenvalue weighted by molar-refractivity contribution is 5.84. The minimum absolute atomic E-state index is 0.0570. The Bertz CT molecular complexity index is 693. The third-order valence-corrected chi connectivity index (χ3v) is 4.43. The van der Waals surface area contributed by atoms with Gasteiger partial charge in [-0.3, -0.25) is 4.79 Å². The summed E-state index contributed by atoms with van der Waals surface area (Å²) in [6.45, 7) is 4.68. The van der Waals surface area contributed by atoms with Crippen molar-refractivity contribution in [3.05, 3.63) is 47.8 Å². The van der Waals surface area contributed by atoms with E-state index >= 15 is 0 Å². The lowest BCUT2D eigenvalue weighted by atomic mass is 9.76. The van der Waals surface area contributed by atoms with Gasteiger partial charge in [-0.15, -0.1) is 5.10 Å². The van der Waals surface area contributed by atoms with Gasteiger partial charge in [0.05, 0.1) is 6.20 Å². The second-order valence-electron chi connectivity index (χ2n) is 5.74. The van der Waals surface area contributed by atoms with E-state index in [1.807, 2.05) is 18.2 Å². The van der Waals surface area contributed by atoms with Crippen LogP contribution in [-0.2, 0) is 16.8 Å². The first-order valence-electron chi connectivity index (χ1n) is 7.96. The van der Waals surface area contributed by atoms with Crippen molar-refractivity contribution >= 4 is 11.9 Å². The second kappa shape index (κ2) is 7.72. The van der Waals surface area contributed by atoms with Gasteiger partial charge in [0.25, 0.3) is 0 Å². The minimum atomic E-state index is -1.17. The second-order valence-corrected chi connectivity index (χ2v) is 5.74. The molecule has 0 saturated carbocycles. The van der Waals surface area contributed by atoms with E-state index < -0.39 is 5.97 Å². The average Bonchev–Trinajstić information content (AvgIpc) is 3.06. The van der Waals surface area contributed by atoms with Gasteiger partial charge >= 0.3 is 5.97 Å². The quantitative estimate of drug-likeness (QED) is 0.770. The molecular formula is C17H22N4O3. The summed E-state index contributed by atoms with van der Waals surface area (Å²) in [5.41, 5.74) is 0.902. The summed E-state index contributed by atoms with van der Waals surface area (Å²) < 4.78 is 1.22. The molecule has 0 spiro atoms. The maximum atomic E-state index is 12.2. The normalized spacial score (nSPS) is 11.2. The summed E-state index contributed by atoms with van der Waals surface area (Å²) in [4.78, 5) is 22.9. The molecule has 0 unspecified atom stereocenters. The number of benzene rings is 1. The van der Waals surface area contributed by atoms with Crippen LogP contribution in [0.4, 0.5) is 0 Å². The molecule has 0 radical (unpaired) electrons. The largest absolute Gasteiger partial charge is 0.476 e. The van der Waals surface area contributed by atoms with Crippen LogP contribution in [0.2, 0.25) is 0 Å². The molecule has 1 aromatic carbocycles. The average molecular weight is 330 g/mol. The fraction of sp³-hybridized carbons (Fsp3) is 0.412. The van der Waals surface area contributed by atoms with Gasteiger partial charge in [-0.2, -0.15) is 0 Å². The van der Waals surface area contributed by atoms with Gasteiger partial charge in [0.1, 0.15) is 6.54 Å². The third-order valence-electron chi connectivity index (χ3n) is 4.43. The molecule has 128 valence electrons. The molecule has 1 amide bonds. The van der Waals surface area contributed by atoms with Gasteiger partial charge in [-0.1, -0.05) is 49.4 Å². The number of aromatic carboxylic acids is 1. The van der Waals surface area contributed by atoms with Crippen LogP contribution < -0.4 is 5.32 Å². The van der Waals surface area contributed by atoms with Crippen LogP contribution >= 0.6 is 0 Å². The van der Waals surface area contributed by atoms with Crippen molar-refractivity contribution in [3.63, 3.8) is 0 Å². The topological polar surface area (TPSA) is 97.1 Å². The van der Waals surface area contributed by atoms with Crippen LogP contribution in [0, 0.1) is 0 Å². The van der Waals surface area contributed by atoms with Crippen molar-refractivity contribution in [1.29, 1.82) is 0 Å². The minimum Gasteiger partial charge on any atom is -0.476 e. The number of nitrogens with one attached hydrogen (secondary N) is 1. The van der Waals surface area contributed by atoms with Crippen molar-refractivity contribution in [2.24, 2.45) is 0 Å². The number of nitrogens with zero attached hydrogens (tertiary/aromatic N) is 3. The van der Waals surface area contributed by atoms with Crippen molar-refractivity contribution < 1.29 is 14.7 Å². The third kappa shape index (κ3) is 3.98. The van der Waals surface area contributed by atoms with Crippen LogP contribution in [-0.4, -0.2) is 38.5 Å². The van der Waals surface area contributed by atoms with Gasteiger partial charge < -0.3 is 10.4 Å². The Kier molecular flexibility index (Phi) is 5.68. The molecule has 0 atom stereocenters. The van der Waals surface area contributed by atoms with Gasteiger partial charge in [0, 0.05) is 12.0 Å². The Hall–Kier alpha value is -2.70. The summed E-state index contributed by atoms with van der Waals surface area (Å²) >= 11 is 0. The number of rotatable bonds is 8. The maximum Gasteiger partial charge on any atom is 0.358 e. The van der Waals surface area contributed by atoms with Crippen LogP contribution in [0.5, 0.6) is 0 Å². The zero-order valence-electron chi connectivity index (χ0n) is 13.9. The molecule has 24 heavy (non-hydrogen) atoms. The fourth-order valence-corrected chi connectivity index (χ4v) is 2.75. The SMILES string of the molecule is CCC(CC)(CNC(=O)Cn1cc(C(=O)O)nn1)c1ccccc1. The summed E-state index contributed by atoms with van der Waals surface area (Å²) in [7, 11) is 0. The van der Waals surface area contributed by atoms with Crippen LogP contribution in [0.15, 0.2) is 36.5 Å². The maximum absolute atomic E-state index is 12.2. The first kappa shape index (κ1) is 17.7. The van der Waals surface area contributed by atoms with Gasteiger partial charge in [0.2, 0.25) is 5.91 Å².